The van der Waals surface area contributed by atoms with E-state index < -0.39 is 4.92 Å². The van der Waals surface area contributed by atoms with Crippen molar-refractivity contribution in [1.82, 2.24) is 9.55 Å². The molecule has 106 valence electrons. The fraction of sp³-hybridized carbons (Fsp3) is 0.769. The standard InChI is InChI=1S/C13H22N4O2/c1-8-5-6-11(7-9(8)2)15-12-13(17(18)19)14-10(3)16(12)4/h8-9,11,15H,5-7H2,1-4H3. The molecule has 3 unspecified atom stereocenters. The van der Waals surface area contributed by atoms with Crippen LogP contribution in [0.1, 0.15) is 38.9 Å². The summed E-state index contributed by atoms with van der Waals surface area (Å²) in [6.07, 6.45) is 3.29. The van der Waals surface area contributed by atoms with Crippen molar-refractivity contribution in [2.45, 2.75) is 46.1 Å². The predicted octanol–water partition coefficient (Wildman–Crippen LogP) is 2.87. The lowest BCUT2D eigenvalue weighted by atomic mass is 9.79. The Labute approximate surface area is 113 Å². The van der Waals surface area contributed by atoms with Crippen molar-refractivity contribution in [3.63, 3.8) is 0 Å². The van der Waals surface area contributed by atoms with Crippen LogP contribution in [0.5, 0.6) is 0 Å². The van der Waals surface area contributed by atoms with E-state index in [1.54, 1.807) is 11.5 Å². The largest absolute Gasteiger partial charge is 0.406 e. The number of anilines is 1. The zero-order valence-electron chi connectivity index (χ0n) is 12.0. The Morgan fingerprint density at radius 1 is 1.37 bits per heavy atom. The molecule has 1 aromatic heterocycles. The van der Waals surface area contributed by atoms with Crippen LogP contribution in [0.15, 0.2) is 0 Å². The summed E-state index contributed by atoms with van der Waals surface area (Å²) < 4.78 is 1.76. The molecule has 1 aliphatic rings. The monoisotopic (exact) mass is 266 g/mol. The van der Waals surface area contributed by atoms with Gasteiger partial charge >= 0.3 is 5.82 Å². The molecule has 0 radical (unpaired) electrons. The molecular formula is C13H22N4O2. The lowest BCUT2D eigenvalue weighted by Gasteiger charge is -2.32. The fourth-order valence-electron chi connectivity index (χ4n) is 2.75. The first kappa shape index (κ1) is 13.8. The van der Waals surface area contributed by atoms with Gasteiger partial charge in [-0.15, -0.1) is 0 Å². The summed E-state index contributed by atoms with van der Waals surface area (Å²) in [7, 11) is 1.81. The highest BCUT2D eigenvalue weighted by Gasteiger charge is 2.29. The van der Waals surface area contributed by atoms with Crippen LogP contribution in [0.3, 0.4) is 0 Å². The number of hydrogen-bond acceptors (Lipinski definition) is 4. The second-order valence-corrected chi connectivity index (χ2v) is 5.76. The molecule has 19 heavy (non-hydrogen) atoms. The van der Waals surface area contributed by atoms with E-state index in [9.17, 15) is 10.1 Å². The van der Waals surface area contributed by atoms with Crippen LogP contribution in [0.4, 0.5) is 11.6 Å². The Hall–Kier alpha value is -1.59. The van der Waals surface area contributed by atoms with Crippen LogP contribution < -0.4 is 5.32 Å². The van der Waals surface area contributed by atoms with Crippen molar-refractivity contribution in [1.29, 1.82) is 0 Å². The highest BCUT2D eigenvalue weighted by atomic mass is 16.6. The summed E-state index contributed by atoms with van der Waals surface area (Å²) in [4.78, 5) is 14.6. The lowest BCUT2D eigenvalue weighted by molar-refractivity contribution is -0.388. The third-order valence-corrected chi connectivity index (χ3v) is 4.41. The molecule has 6 heteroatoms. The van der Waals surface area contributed by atoms with Gasteiger partial charge in [0.15, 0.2) is 0 Å². The second kappa shape index (κ2) is 5.19. The van der Waals surface area contributed by atoms with E-state index in [0.717, 1.165) is 18.8 Å². The molecule has 1 saturated carbocycles. The molecule has 6 nitrogen and oxygen atoms in total. The van der Waals surface area contributed by atoms with Gasteiger partial charge in [0.2, 0.25) is 11.6 Å². The van der Waals surface area contributed by atoms with E-state index >= 15 is 0 Å². The van der Waals surface area contributed by atoms with Crippen LogP contribution in [0.25, 0.3) is 0 Å². The number of nitrogens with zero attached hydrogens (tertiary/aromatic N) is 3. The third-order valence-electron chi connectivity index (χ3n) is 4.41. The van der Waals surface area contributed by atoms with Crippen molar-refractivity contribution in [2.24, 2.45) is 18.9 Å². The van der Waals surface area contributed by atoms with E-state index in [4.69, 9.17) is 0 Å². The van der Waals surface area contributed by atoms with E-state index in [1.807, 2.05) is 7.05 Å². The summed E-state index contributed by atoms with van der Waals surface area (Å²) in [5.74, 6) is 2.52. The average Bonchev–Trinajstić information content (AvgIpc) is 2.62. The Bertz CT molecular complexity index is 483. The van der Waals surface area contributed by atoms with Crippen LogP contribution >= 0.6 is 0 Å². The smallest absolute Gasteiger partial charge is 0.362 e. The molecule has 1 aliphatic carbocycles. The van der Waals surface area contributed by atoms with Crippen LogP contribution in [-0.4, -0.2) is 20.5 Å². The Kier molecular flexibility index (Phi) is 3.78. The topological polar surface area (TPSA) is 73.0 Å². The third kappa shape index (κ3) is 2.72. The number of aromatic nitrogens is 2. The molecule has 0 saturated heterocycles. The lowest BCUT2D eigenvalue weighted by Crippen LogP contribution is -2.31. The summed E-state index contributed by atoms with van der Waals surface area (Å²) in [6.45, 7) is 6.31. The highest BCUT2D eigenvalue weighted by Crippen LogP contribution is 2.33. The zero-order valence-corrected chi connectivity index (χ0v) is 12.0. The molecule has 1 N–H and O–H groups in total. The normalized spacial score (nSPS) is 27.3. The maximum absolute atomic E-state index is 11.0. The fourth-order valence-corrected chi connectivity index (χ4v) is 2.75. The molecular weight excluding hydrogens is 244 g/mol. The highest BCUT2D eigenvalue weighted by molar-refractivity contribution is 5.54. The Morgan fingerprint density at radius 2 is 2.05 bits per heavy atom. The SMILES string of the molecule is Cc1nc([N+](=O)[O-])c(NC2CCC(C)C(C)C2)n1C. The zero-order chi connectivity index (χ0) is 14.2. The Morgan fingerprint density at radius 3 is 2.63 bits per heavy atom. The van der Waals surface area contributed by atoms with Gasteiger partial charge in [0.05, 0.1) is 0 Å². The van der Waals surface area contributed by atoms with Crippen molar-refractivity contribution in [3.8, 4) is 0 Å². The molecule has 0 spiro atoms. The van der Waals surface area contributed by atoms with Crippen LogP contribution in [0, 0.1) is 28.9 Å². The van der Waals surface area contributed by atoms with Crippen molar-refractivity contribution >= 4 is 11.6 Å². The van der Waals surface area contributed by atoms with E-state index in [1.165, 1.54) is 6.42 Å². The van der Waals surface area contributed by atoms with Gasteiger partial charge in [0.25, 0.3) is 0 Å². The molecule has 2 rings (SSSR count). The van der Waals surface area contributed by atoms with Crippen molar-refractivity contribution < 1.29 is 4.92 Å². The number of nitrogens with one attached hydrogen (secondary N) is 1. The maximum atomic E-state index is 11.0. The first-order chi connectivity index (χ1) is 8.90. The number of aryl methyl sites for hydroxylation is 1. The minimum absolute atomic E-state index is 0.0636. The van der Waals surface area contributed by atoms with E-state index in [0.29, 0.717) is 23.6 Å². The molecule has 0 amide bonds. The van der Waals surface area contributed by atoms with Gasteiger partial charge in [-0.2, -0.15) is 0 Å². The first-order valence-corrected chi connectivity index (χ1v) is 6.84. The molecule has 3 atom stereocenters. The quantitative estimate of drug-likeness (QED) is 0.674. The summed E-state index contributed by atoms with van der Waals surface area (Å²) >= 11 is 0. The van der Waals surface area contributed by atoms with Crippen molar-refractivity contribution in [3.05, 3.63) is 15.9 Å². The van der Waals surface area contributed by atoms with Gasteiger partial charge in [0, 0.05) is 20.0 Å². The second-order valence-electron chi connectivity index (χ2n) is 5.76. The number of imidazole rings is 1. The molecule has 1 fully saturated rings. The van der Waals surface area contributed by atoms with Gasteiger partial charge in [-0.05, 0) is 41.0 Å². The maximum Gasteiger partial charge on any atom is 0.406 e. The first-order valence-electron chi connectivity index (χ1n) is 6.84. The van der Waals surface area contributed by atoms with Gasteiger partial charge in [-0.1, -0.05) is 13.8 Å². The van der Waals surface area contributed by atoms with Gasteiger partial charge in [-0.3, -0.25) is 4.57 Å². The van der Waals surface area contributed by atoms with E-state index in [2.05, 4.69) is 24.1 Å². The summed E-state index contributed by atoms with van der Waals surface area (Å²) in [5, 5.41) is 14.4. The predicted molar refractivity (Wildman–Crippen MR) is 74.2 cm³/mol. The molecule has 1 heterocycles. The van der Waals surface area contributed by atoms with Gasteiger partial charge in [0.1, 0.15) is 0 Å². The van der Waals surface area contributed by atoms with Gasteiger partial charge < -0.3 is 15.4 Å². The summed E-state index contributed by atoms with van der Waals surface area (Å²) in [5.41, 5.74) is 0. The molecule has 0 aromatic carbocycles. The average molecular weight is 266 g/mol. The Balaban J connectivity index is 2.17. The minimum atomic E-state index is -0.412. The van der Waals surface area contributed by atoms with Crippen LogP contribution in [0.2, 0.25) is 0 Å². The number of nitro groups is 1. The van der Waals surface area contributed by atoms with E-state index in [-0.39, 0.29) is 5.82 Å². The van der Waals surface area contributed by atoms with Gasteiger partial charge in [-0.25, -0.2) is 0 Å². The van der Waals surface area contributed by atoms with Crippen LogP contribution in [-0.2, 0) is 7.05 Å². The number of hydrogen-bond donors (Lipinski definition) is 1. The van der Waals surface area contributed by atoms with Crippen molar-refractivity contribution in [2.75, 3.05) is 5.32 Å². The molecule has 0 bridgehead atoms. The molecule has 0 aliphatic heterocycles. The summed E-state index contributed by atoms with van der Waals surface area (Å²) in [6, 6.07) is 0.305. The number of rotatable bonds is 3. The molecule has 1 aromatic rings. The minimum Gasteiger partial charge on any atom is -0.362 e.